The van der Waals surface area contributed by atoms with Crippen molar-refractivity contribution in [3.8, 4) is 11.5 Å². The Kier molecular flexibility index (Phi) is 7.67. The maximum Gasteiger partial charge on any atom is 0.255 e. The molecule has 3 N–H and O–H groups in total. The fourth-order valence-corrected chi connectivity index (χ4v) is 4.10. The fourth-order valence-electron chi connectivity index (χ4n) is 4.10. The molecule has 0 fully saturated rings. The molecule has 0 saturated carbocycles. The van der Waals surface area contributed by atoms with Crippen LogP contribution in [0.15, 0.2) is 79.0 Å². The highest BCUT2D eigenvalue weighted by atomic mass is 16.5. The smallest absolute Gasteiger partial charge is 0.255 e. The second kappa shape index (κ2) is 11.2. The van der Waals surface area contributed by atoms with Gasteiger partial charge in [0.2, 0.25) is 5.91 Å². The van der Waals surface area contributed by atoms with Crippen LogP contribution in [0.2, 0.25) is 0 Å². The minimum atomic E-state index is -0.354. The summed E-state index contributed by atoms with van der Waals surface area (Å²) in [5.41, 5.74) is 3.57. The topological polar surface area (TPSA) is 92.4 Å². The number of hydrogen-bond acceptors (Lipinski definition) is 4. The third kappa shape index (κ3) is 5.63. The van der Waals surface area contributed by atoms with E-state index < -0.39 is 0 Å². The minimum absolute atomic E-state index is 0.0876. The number of carbonyl (C=O) groups excluding carboxylic acids is 2. The van der Waals surface area contributed by atoms with E-state index in [2.05, 4.69) is 21.7 Å². The first kappa shape index (κ1) is 23.9. The highest BCUT2D eigenvalue weighted by molar-refractivity contribution is 5.98. The minimum Gasteiger partial charge on any atom is -0.497 e. The Morgan fingerprint density at radius 2 is 1.69 bits per heavy atom. The maximum atomic E-state index is 12.7. The zero-order valence-corrected chi connectivity index (χ0v) is 19.8. The second-order valence-electron chi connectivity index (χ2n) is 8.03. The summed E-state index contributed by atoms with van der Waals surface area (Å²) in [6.45, 7) is 2.54. The Labute approximate surface area is 204 Å². The number of amides is 2. The number of aromatic amines is 1. The largest absolute Gasteiger partial charge is 0.497 e. The average molecular weight is 472 g/mol. The van der Waals surface area contributed by atoms with Crippen LogP contribution in [-0.4, -0.2) is 43.6 Å². The molecular formula is C28H29N3O4. The highest BCUT2D eigenvalue weighted by Gasteiger charge is 2.20. The molecule has 0 aliphatic carbocycles. The molecule has 7 nitrogen and oxygen atoms in total. The van der Waals surface area contributed by atoms with E-state index in [1.165, 1.54) is 0 Å². The zero-order chi connectivity index (χ0) is 24.6. The lowest BCUT2D eigenvalue weighted by Crippen LogP contribution is -2.38. The second-order valence-corrected chi connectivity index (χ2v) is 8.03. The van der Waals surface area contributed by atoms with E-state index in [9.17, 15) is 9.59 Å². The summed E-state index contributed by atoms with van der Waals surface area (Å²) in [7, 11) is 1.63. The first-order valence-electron chi connectivity index (χ1n) is 11.6. The normalized spacial score (nSPS) is 11.6. The van der Waals surface area contributed by atoms with Gasteiger partial charge in [0.05, 0.1) is 25.8 Å². The molecule has 4 rings (SSSR count). The Morgan fingerprint density at radius 1 is 0.943 bits per heavy atom. The van der Waals surface area contributed by atoms with Crippen LogP contribution in [0.25, 0.3) is 10.9 Å². The van der Waals surface area contributed by atoms with Crippen molar-refractivity contribution in [3.63, 3.8) is 0 Å². The van der Waals surface area contributed by atoms with Crippen LogP contribution in [0.4, 0.5) is 0 Å². The lowest BCUT2D eigenvalue weighted by atomic mass is 9.91. The van der Waals surface area contributed by atoms with E-state index in [1.54, 1.807) is 31.4 Å². The molecule has 1 heterocycles. The summed E-state index contributed by atoms with van der Waals surface area (Å²) >= 11 is 0. The van der Waals surface area contributed by atoms with Gasteiger partial charge >= 0.3 is 0 Å². The van der Waals surface area contributed by atoms with Crippen molar-refractivity contribution in [1.29, 1.82) is 0 Å². The van der Waals surface area contributed by atoms with Crippen molar-refractivity contribution in [2.45, 2.75) is 12.8 Å². The molecule has 0 radical (unpaired) electrons. The summed E-state index contributed by atoms with van der Waals surface area (Å²) in [6, 6.07) is 22.9. The average Bonchev–Trinajstić information content (AvgIpc) is 3.32. The molecule has 7 heteroatoms. The Hall–Kier alpha value is -4.26. The molecule has 0 saturated heterocycles. The summed E-state index contributed by atoms with van der Waals surface area (Å²) in [5.74, 6) is 0.547. The van der Waals surface area contributed by atoms with Gasteiger partial charge in [-0.15, -0.1) is 0 Å². The number of ether oxygens (including phenoxy) is 2. The summed E-state index contributed by atoms with van der Waals surface area (Å²) in [4.78, 5) is 28.6. The molecule has 35 heavy (non-hydrogen) atoms. The summed E-state index contributed by atoms with van der Waals surface area (Å²) in [5, 5.41) is 6.77. The Morgan fingerprint density at radius 3 is 2.46 bits per heavy atom. The maximum absolute atomic E-state index is 12.7. The number of rotatable bonds is 10. The molecular weight excluding hydrogens is 442 g/mol. The fraction of sp³-hybridized carbons (Fsp3) is 0.214. The van der Waals surface area contributed by atoms with Crippen LogP contribution >= 0.6 is 0 Å². The number of benzene rings is 3. The first-order chi connectivity index (χ1) is 17.1. The van der Waals surface area contributed by atoms with Crippen LogP contribution < -0.4 is 20.1 Å². The predicted octanol–water partition coefficient (Wildman–Crippen LogP) is 4.25. The third-order valence-corrected chi connectivity index (χ3v) is 5.86. The molecule has 4 aromatic rings. The SMILES string of the molecule is CCOc1ccccc1C(=O)NCC(=O)NCC(c1ccc(OC)cc1)c1c[nH]c2ccccc12. The lowest BCUT2D eigenvalue weighted by Gasteiger charge is -2.19. The number of nitrogens with one attached hydrogen (secondary N) is 3. The van der Waals surface area contributed by atoms with Gasteiger partial charge in [-0.1, -0.05) is 42.5 Å². The number of H-pyrrole nitrogens is 1. The van der Waals surface area contributed by atoms with Gasteiger partial charge in [0.15, 0.2) is 0 Å². The highest BCUT2D eigenvalue weighted by Crippen LogP contribution is 2.31. The number of hydrogen-bond donors (Lipinski definition) is 3. The van der Waals surface area contributed by atoms with Gasteiger partial charge in [-0.2, -0.15) is 0 Å². The van der Waals surface area contributed by atoms with Crippen molar-refractivity contribution >= 4 is 22.7 Å². The Balaban J connectivity index is 1.46. The molecule has 0 spiro atoms. The standard InChI is InChI=1S/C28H29N3O4/c1-3-35-26-11-7-5-9-22(26)28(33)31-18-27(32)30-16-23(19-12-14-20(34-2)15-13-19)24-17-29-25-10-6-4-8-21(24)25/h4-15,17,23,29H,3,16,18H2,1-2H3,(H,30,32)(H,31,33). The van der Waals surface area contributed by atoms with Crippen molar-refractivity contribution in [1.82, 2.24) is 15.6 Å². The monoisotopic (exact) mass is 471 g/mol. The van der Waals surface area contributed by atoms with Crippen molar-refractivity contribution in [3.05, 3.63) is 95.7 Å². The first-order valence-corrected chi connectivity index (χ1v) is 11.6. The third-order valence-electron chi connectivity index (χ3n) is 5.86. The van der Waals surface area contributed by atoms with E-state index in [0.29, 0.717) is 24.5 Å². The number of methoxy groups -OCH3 is 1. The quantitative estimate of drug-likeness (QED) is 0.322. The van der Waals surface area contributed by atoms with Gasteiger partial charge < -0.3 is 25.1 Å². The van der Waals surface area contributed by atoms with Gasteiger partial charge in [0, 0.05) is 29.6 Å². The van der Waals surface area contributed by atoms with E-state index >= 15 is 0 Å². The van der Waals surface area contributed by atoms with Gasteiger partial charge in [-0.3, -0.25) is 9.59 Å². The summed E-state index contributed by atoms with van der Waals surface area (Å²) in [6.07, 6.45) is 1.98. The van der Waals surface area contributed by atoms with Gasteiger partial charge in [0.1, 0.15) is 11.5 Å². The molecule has 0 bridgehead atoms. The van der Waals surface area contributed by atoms with Crippen LogP contribution in [0, 0.1) is 0 Å². The van der Waals surface area contributed by atoms with E-state index in [0.717, 1.165) is 27.8 Å². The molecule has 1 atom stereocenters. The van der Waals surface area contributed by atoms with Crippen LogP contribution in [0.5, 0.6) is 11.5 Å². The predicted molar refractivity (Wildman–Crippen MR) is 136 cm³/mol. The number of fused-ring (bicyclic) bond motifs is 1. The molecule has 1 aromatic heterocycles. The van der Waals surface area contributed by atoms with E-state index in [1.807, 2.05) is 55.6 Å². The molecule has 2 amide bonds. The van der Waals surface area contributed by atoms with Crippen molar-refractivity contribution < 1.29 is 19.1 Å². The lowest BCUT2D eigenvalue weighted by molar-refractivity contribution is -0.120. The number of para-hydroxylation sites is 2. The molecule has 3 aromatic carbocycles. The van der Waals surface area contributed by atoms with Crippen LogP contribution in [0.3, 0.4) is 0 Å². The molecule has 180 valence electrons. The van der Waals surface area contributed by atoms with Gasteiger partial charge in [0.25, 0.3) is 5.91 Å². The summed E-state index contributed by atoms with van der Waals surface area (Å²) < 4.78 is 10.8. The Bertz CT molecular complexity index is 1300. The van der Waals surface area contributed by atoms with Crippen molar-refractivity contribution in [2.75, 3.05) is 26.8 Å². The number of aromatic nitrogens is 1. The van der Waals surface area contributed by atoms with E-state index in [4.69, 9.17) is 9.47 Å². The van der Waals surface area contributed by atoms with E-state index in [-0.39, 0.29) is 24.3 Å². The molecule has 0 aliphatic heterocycles. The van der Waals surface area contributed by atoms with Crippen molar-refractivity contribution in [2.24, 2.45) is 0 Å². The number of carbonyl (C=O) groups is 2. The van der Waals surface area contributed by atoms with Gasteiger partial charge in [-0.25, -0.2) is 0 Å². The van der Waals surface area contributed by atoms with Crippen LogP contribution in [0.1, 0.15) is 34.3 Å². The van der Waals surface area contributed by atoms with Crippen LogP contribution in [-0.2, 0) is 4.79 Å². The zero-order valence-electron chi connectivity index (χ0n) is 19.8. The molecule has 0 aliphatic rings. The van der Waals surface area contributed by atoms with Gasteiger partial charge in [-0.05, 0) is 48.4 Å². The molecule has 1 unspecified atom stereocenters.